The third-order valence-electron chi connectivity index (χ3n) is 2.56. The second kappa shape index (κ2) is 6.69. The van der Waals surface area contributed by atoms with E-state index in [9.17, 15) is 4.79 Å². The molecule has 0 saturated carbocycles. The largest absolute Gasteiger partial charge is 0.352 e. The predicted octanol–water partition coefficient (Wildman–Crippen LogP) is 2.24. The number of alkyl halides is 1. The molecule has 1 atom stereocenters. The van der Waals surface area contributed by atoms with E-state index in [4.69, 9.17) is 0 Å². The Labute approximate surface area is 110 Å². The summed E-state index contributed by atoms with van der Waals surface area (Å²) in [7, 11) is 0. The molecular weight excluding hydrogens is 282 g/mol. The zero-order valence-corrected chi connectivity index (χ0v) is 12.0. The zero-order chi connectivity index (χ0) is 12.8. The van der Waals surface area contributed by atoms with Gasteiger partial charge in [-0.2, -0.15) is 10.2 Å². The molecule has 1 heterocycles. The van der Waals surface area contributed by atoms with E-state index >= 15 is 0 Å². The zero-order valence-electron chi connectivity index (χ0n) is 10.5. The lowest BCUT2D eigenvalue weighted by molar-refractivity contribution is 0.0946. The van der Waals surface area contributed by atoms with E-state index in [0.29, 0.717) is 23.7 Å². The number of nitrogens with zero attached hydrogens (tertiary/aromatic N) is 2. The molecule has 5 heteroatoms. The molecule has 0 aromatic carbocycles. The topological polar surface area (TPSA) is 54.9 Å². The molecule has 0 saturated heterocycles. The van der Waals surface area contributed by atoms with Crippen LogP contribution in [0, 0.1) is 19.8 Å². The van der Waals surface area contributed by atoms with Crippen molar-refractivity contribution >= 4 is 21.8 Å². The van der Waals surface area contributed by atoms with Gasteiger partial charge in [0.2, 0.25) is 0 Å². The predicted molar refractivity (Wildman–Crippen MR) is 71.4 cm³/mol. The smallest absolute Gasteiger partial charge is 0.253 e. The van der Waals surface area contributed by atoms with Crippen molar-refractivity contribution in [1.82, 2.24) is 15.5 Å². The van der Waals surface area contributed by atoms with Crippen LogP contribution in [0.3, 0.4) is 0 Å². The van der Waals surface area contributed by atoms with E-state index in [0.717, 1.165) is 17.4 Å². The van der Waals surface area contributed by atoms with Crippen molar-refractivity contribution in [2.75, 3.05) is 11.9 Å². The van der Waals surface area contributed by atoms with Crippen LogP contribution in [0.15, 0.2) is 6.07 Å². The number of nitrogens with one attached hydrogen (secondary N) is 1. The second-order valence-electron chi connectivity index (χ2n) is 4.28. The van der Waals surface area contributed by atoms with E-state index in [1.54, 1.807) is 13.0 Å². The van der Waals surface area contributed by atoms with E-state index in [1.807, 2.05) is 6.92 Å². The van der Waals surface area contributed by atoms with Crippen LogP contribution in [0.25, 0.3) is 0 Å². The number of carbonyl (C=O) groups is 1. The number of halogens is 1. The third-order valence-corrected chi connectivity index (χ3v) is 3.02. The number of amides is 1. The molecule has 1 rings (SSSR count). The lowest BCUT2D eigenvalue weighted by Gasteiger charge is -2.11. The highest BCUT2D eigenvalue weighted by atomic mass is 79.9. The Morgan fingerprint density at radius 1 is 1.47 bits per heavy atom. The molecular formula is C12H18BrN3O. The number of carbonyl (C=O) groups excluding carboxylic acids is 1. The molecule has 0 aliphatic rings. The van der Waals surface area contributed by atoms with Crippen LogP contribution in [0.4, 0.5) is 0 Å². The molecule has 0 spiro atoms. The molecule has 0 bridgehead atoms. The summed E-state index contributed by atoms with van der Waals surface area (Å²) < 4.78 is 0. The van der Waals surface area contributed by atoms with Crippen molar-refractivity contribution in [2.45, 2.75) is 27.2 Å². The van der Waals surface area contributed by atoms with Crippen molar-refractivity contribution in [3.63, 3.8) is 0 Å². The molecule has 4 nitrogen and oxygen atoms in total. The normalized spacial score (nSPS) is 12.2. The maximum atomic E-state index is 11.9. The Hall–Kier alpha value is -0.970. The van der Waals surface area contributed by atoms with Gasteiger partial charge in [0.15, 0.2) is 0 Å². The minimum Gasteiger partial charge on any atom is -0.352 e. The first kappa shape index (κ1) is 14.1. The standard InChI is InChI=1S/C12H18BrN3O/c1-8(4-5-13)7-14-12(17)11-6-9(2)15-16-10(11)3/h6,8H,4-5,7H2,1-3H3,(H,14,17). The van der Waals surface area contributed by atoms with Gasteiger partial charge in [0, 0.05) is 11.9 Å². The molecule has 94 valence electrons. The highest BCUT2D eigenvalue weighted by Crippen LogP contribution is 2.07. The fourth-order valence-corrected chi connectivity index (χ4v) is 2.21. The molecule has 1 aromatic rings. The maximum absolute atomic E-state index is 11.9. The summed E-state index contributed by atoms with van der Waals surface area (Å²) in [5.74, 6) is 0.399. The Morgan fingerprint density at radius 3 is 2.82 bits per heavy atom. The Balaban J connectivity index is 2.61. The van der Waals surface area contributed by atoms with Crippen LogP contribution in [0.2, 0.25) is 0 Å². The first-order valence-corrected chi connectivity index (χ1v) is 6.81. The van der Waals surface area contributed by atoms with Crippen LogP contribution in [-0.2, 0) is 0 Å². The van der Waals surface area contributed by atoms with Gasteiger partial charge in [0.05, 0.1) is 17.0 Å². The summed E-state index contributed by atoms with van der Waals surface area (Å²) in [4.78, 5) is 11.9. The fourth-order valence-electron chi connectivity index (χ4n) is 1.43. The molecule has 1 N–H and O–H groups in total. The van der Waals surface area contributed by atoms with Gasteiger partial charge in [-0.05, 0) is 32.3 Å². The molecule has 0 fully saturated rings. The Kier molecular flexibility index (Phi) is 5.55. The summed E-state index contributed by atoms with van der Waals surface area (Å²) in [5, 5.41) is 11.7. The maximum Gasteiger partial charge on any atom is 0.253 e. The van der Waals surface area contributed by atoms with Gasteiger partial charge in [-0.3, -0.25) is 4.79 Å². The minimum atomic E-state index is -0.0677. The minimum absolute atomic E-state index is 0.0677. The fraction of sp³-hybridized carbons (Fsp3) is 0.583. The SMILES string of the molecule is Cc1cc(C(=O)NCC(C)CCBr)c(C)nn1. The summed E-state index contributed by atoms with van der Waals surface area (Å²) >= 11 is 3.39. The van der Waals surface area contributed by atoms with Gasteiger partial charge in [-0.25, -0.2) is 0 Å². The second-order valence-corrected chi connectivity index (χ2v) is 5.07. The lowest BCUT2D eigenvalue weighted by atomic mass is 10.1. The molecule has 1 unspecified atom stereocenters. The first-order chi connectivity index (χ1) is 8.04. The van der Waals surface area contributed by atoms with Crippen molar-refractivity contribution < 1.29 is 4.79 Å². The number of hydrogen-bond donors (Lipinski definition) is 1. The van der Waals surface area contributed by atoms with Crippen LogP contribution in [-0.4, -0.2) is 28.0 Å². The van der Waals surface area contributed by atoms with Crippen molar-refractivity contribution in [2.24, 2.45) is 5.92 Å². The summed E-state index contributed by atoms with van der Waals surface area (Å²) in [6, 6.07) is 1.77. The van der Waals surface area contributed by atoms with E-state index in [-0.39, 0.29) is 5.91 Å². The molecule has 17 heavy (non-hydrogen) atoms. The molecule has 0 aliphatic carbocycles. The number of aromatic nitrogens is 2. The van der Waals surface area contributed by atoms with Gasteiger partial charge in [-0.1, -0.05) is 22.9 Å². The van der Waals surface area contributed by atoms with Crippen molar-refractivity contribution in [3.05, 3.63) is 23.0 Å². The summed E-state index contributed by atoms with van der Waals surface area (Å²) in [6.45, 7) is 6.43. The average Bonchev–Trinajstić information content (AvgIpc) is 2.29. The molecule has 0 radical (unpaired) electrons. The summed E-state index contributed by atoms with van der Waals surface area (Å²) in [6.07, 6.45) is 1.05. The average molecular weight is 300 g/mol. The van der Waals surface area contributed by atoms with Gasteiger partial charge in [0.1, 0.15) is 0 Å². The Bertz CT molecular complexity index is 395. The van der Waals surface area contributed by atoms with Crippen molar-refractivity contribution in [1.29, 1.82) is 0 Å². The van der Waals surface area contributed by atoms with Crippen LogP contribution in [0.5, 0.6) is 0 Å². The first-order valence-electron chi connectivity index (χ1n) is 5.69. The molecule has 1 amide bonds. The number of hydrogen-bond acceptors (Lipinski definition) is 3. The molecule has 1 aromatic heterocycles. The number of aryl methyl sites for hydroxylation is 2. The van der Waals surface area contributed by atoms with Crippen LogP contribution < -0.4 is 5.32 Å². The van der Waals surface area contributed by atoms with E-state index in [1.165, 1.54) is 0 Å². The number of rotatable bonds is 5. The van der Waals surface area contributed by atoms with Gasteiger partial charge in [-0.15, -0.1) is 0 Å². The van der Waals surface area contributed by atoms with Crippen molar-refractivity contribution in [3.8, 4) is 0 Å². The highest BCUT2D eigenvalue weighted by molar-refractivity contribution is 9.09. The van der Waals surface area contributed by atoms with Gasteiger partial charge < -0.3 is 5.32 Å². The van der Waals surface area contributed by atoms with E-state index in [2.05, 4.69) is 38.4 Å². The quantitative estimate of drug-likeness (QED) is 0.849. The van der Waals surface area contributed by atoms with Gasteiger partial charge >= 0.3 is 0 Å². The summed E-state index contributed by atoms with van der Waals surface area (Å²) in [5.41, 5.74) is 2.04. The van der Waals surface area contributed by atoms with Crippen LogP contribution >= 0.6 is 15.9 Å². The Morgan fingerprint density at radius 2 is 2.18 bits per heavy atom. The lowest BCUT2D eigenvalue weighted by Crippen LogP contribution is -2.29. The monoisotopic (exact) mass is 299 g/mol. The van der Waals surface area contributed by atoms with E-state index < -0.39 is 0 Å². The molecule has 0 aliphatic heterocycles. The van der Waals surface area contributed by atoms with Crippen LogP contribution in [0.1, 0.15) is 35.1 Å². The third kappa shape index (κ3) is 4.42. The van der Waals surface area contributed by atoms with Gasteiger partial charge in [0.25, 0.3) is 5.91 Å². The highest BCUT2D eigenvalue weighted by Gasteiger charge is 2.11.